The van der Waals surface area contributed by atoms with Gasteiger partial charge in [0.15, 0.2) is 0 Å². The number of carbonyl (C=O) groups is 1. The van der Waals surface area contributed by atoms with Crippen LogP contribution >= 0.6 is 0 Å². The minimum atomic E-state index is -4.66. The van der Waals surface area contributed by atoms with E-state index < -0.39 is 40.9 Å². The fourth-order valence-electron chi connectivity index (χ4n) is 0.790. The topological polar surface area (TPSA) is 63.2 Å². The Labute approximate surface area is 80.4 Å². The molecule has 0 aliphatic rings. The Morgan fingerprint density at radius 1 is 1.43 bits per heavy atom. The van der Waals surface area contributed by atoms with Gasteiger partial charge in [-0.3, -0.25) is 4.79 Å². The SMILES string of the molecule is CNC(=O)CC(C[SH](=O)=O)C(F)(F)F. The molecule has 0 saturated heterocycles. The Morgan fingerprint density at radius 2 is 1.93 bits per heavy atom. The van der Waals surface area contributed by atoms with Gasteiger partial charge in [0, 0.05) is 13.5 Å². The maximum atomic E-state index is 12.1. The number of carbonyl (C=O) groups excluding carboxylic acids is 1. The van der Waals surface area contributed by atoms with Gasteiger partial charge in [-0.05, 0) is 0 Å². The first kappa shape index (κ1) is 13.2. The highest BCUT2D eigenvalue weighted by Crippen LogP contribution is 2.28. The Balaban J connectivity index is 4.48. The molecule has 0 rings (SSSR count). The Kier molecular flexibility index (Phi) is 4.89. The van der Waals surface area contributed by atoms with Gasteiger partial charge >= 0.3 is 6.18 Å². The minimum Gasteiger partial charge on any atom is -0.359 e. The summed E-state index contributed by atoms with van der Waals surface area (Å²) in [5, 5.41) is 2.00. The molecule has 1 atom stereocenters. The van der Waals surface area contributed by atoms with Gasteiger partial charge in [0.2, 0.25) is 5.91 Å². The van der Waals surface area contributed by atoms with Gasteiger partial charge in [-0.2, -0.15) is 13.2 Å². The van der Waals surface area contributed by atoms with Crippen LogP contribution in [-0.2, 0) is 15.5 Å². The fraction of sp³-hybridized carbons (Fsp3) is 0.833. The summed E-state index contributed by atoms with van der Waals surface area (Å²) in [6, 6.07) is 0. The second-order valence-electron chi connectivity index (χ2n) is 2.63. The molecule has 0 aliphatic carbocycles. The van der Waals surface area contributed by atoms with E-state index in [-0.39, 0.29) is 0 Å². The standard InChI is InChI=1S/C6H10F3NO3S/c1-10-5(11)2-4(3-14(12)13)6(7,8)9/h4,14H,2-3H2,1H3,(H,10,11). The molecule has 4 nitrogen and oxygen atoms in total. The third kappa shape index (κ3) is 5.05. The monoisotopic (exact) mass is 233 g/mol. The summed E-state index contributed by atoms with van der Waals surface area (Å²) in [5.74, 6) is -4.00. The number of thiol groups is 1. The average Bonchev–Trinajstić information content (AvgIpc) is 2.00. The van der Waals surface area contributed by atoms with Gasteiger partial charge in [-0.25, -0.2) is 8.42 Å². The molecule has 0 aromatic rings. The predicted molar refractivity (Wildman–Crippen MR) is 43.4 cm³/mol. The molecule has 1 amide bonds. The van der Waals surface area contributed by atoms with Crippen molar-refractivity contribution in [3.8, 4) is 0 Å². The summed E-state index contributed by atoms with van der Waals surface area (Å²) in [6.07, 6.45) is -5.52. The van der Waals surface area contributed by atoms with Crippen molar-refractivity contribution >= 4 is 16.6 Å². The molecule has 0 spiro atoms. The summed E-state index contributed by atoms with van der Waals surface area (Å²) >= 11 is 0. The van der Waals surface area contributed by atoms with E-state index in [1.807, 2.05) is 5.32 Å². The van der Waals surface area contributed by atoms with E-state index in [0.717, 1.165) is 0 Å². The van der Waals surface area contributed by atoms with Crippen LogP contribution in [0.5, 0.6) is 0 Å². The lowest BCUT2D eigenvalue weighted by Gasteiger charge is -2.16. The first-order chi connectivity index (χ1) is 6.27. The molecule has 84 valence electrons. The zero-order valence-electron chi connectivity index (χ0n) is 7.30. The molecule has 0 fully saturated rings. The number of halogens is 3. The summed E-state index contributed by atoms with van der Waals surface area (Å²) in [4.78, 5) is 10.6. The first-order valence-corrected chi connectivity index (χ1v) is 5.02. The summed E-state index contributed by atoms with van der Waals surface area (Å²) in [7, 11) is -1.95. The van der Waals surface area contributed by atoms with Crippen LogP contribution in [0, 0.1) is 5.92 Å². The quantitative estimate of drug-likeness (QED) is 0.667. The van der Waals surface area contributed by atoms with E-state index in [1.54, 1.807) is 0 Å². The fourth-order valence-corrected chi connectivity index (χ4v) is 1.49. The number of nitrogens with one attached hydrogen (secondary N) is 1. The Hall–Kier alpha value is -0.790. The second kappa shape index (κ2) is 5.18. The van der Waals surface area contributed by atoms with Crippen LogP contribution < -0.4 is 5.32 Å². The molecular formula is C6H10F3NO3S. The van der Waals surface area contributed by atoms with Gasteiger partial charge in [0.05, 0.1) is 11.7 Å². The van der Waals surface area contributed by atoms with Crippen LogP contribution in [0.1, 0.15) is 6.42 Å². The zero-order chi connectivity index (χ0) is 11.4. The van der Waals surface area contributed by atoms with E-state index in [1.165, 1.54) is 7.05 Å². The summed E-state index contributed by atoms with van der Waals surface area (Å²) < 4.78 is 56.7. The lowest BCUT2D eigenvalue weighted by Crippen LogP contribution is -2.32. The number of hydrogen-bond acceptors (Lipinski definition) is 3. The third-order valence-corrected chi connectivity index (χ3v) is 2.28. The minimum absolute atomic E-state index is 0.829. The molecule has 0 saturated carbocycles. The highest BCUT2D eigenvalue weighted by molar-refractivity contribution is 7.72. The average molecular weight is 233 g/mol. The van der Waals surface area contributed by atoms with Crippen molar-refractivity contribution in [2.24, 2.45) is 5.92 Å². The van der Waals surface area contributed by atoms with E-state index in [9.17, 15) is 26.4 Å². The smallest absolute Gasteiger partial charge is 0.359 e. The molecular weight excluding hydrogens is 223 g/mol. The highest BCUT2D eigenvalue weighted by Gasteiger charge is 2.41. The third-order valence-electron chi connectivity index (χ3n) is 1.54. The van der Waals surface area contributed by atoms with Gasteiger partial charge in [-0.1, -0.05) is 0 Å². The van der Waals surface area contributed by atoms with E-state index in [4.69, 9.17) is 0 Å². The number of rotatable bonds is 4. The van der Waals surface area contributed by atoms with Crippen LogP contribution in [0.25, 0.3) is 0 Å². The summed E-state index contributed by atoms with van der Waals surface area (Å²) in [5.41, 5.74) is 0. The maximum Gasteiger partial charge on any atom is 0.393 e. The molecule has 8 heteroatoms. The largest absolute Gasteiger partial charge is 0.393 e. The Morgan fingerprint density at radius 3 is 2.21 bits per heavy atom. The lowest BCUT2D eigenvalue weighted by atomic mass is 10.1. The van der Waals surface area contributed by atoms with Gasteiger partial charge in [0.25, 0.3) is 0 Å². The van der Waals surface area contributed by atoms with Crippen LogP contribution in [0.3, 0.4) is 0 Å². The van der Waals surface area contributed by atoms with Crippen molar-refractivity contribution in [2.75, 3.05) is 12.8 Å². The first-order valence-electron chi connectivity index (χ1n) is 3.66. The van der Waals surface area contributed by atoms with E-state index >= 15 is 0 Å². The van der Waals surface area contributed by atoms with Gasteiger partial charge in [-0.15, -0.1) is 0 Å². The summed E-state index contributed by atoms with van der Waals surface area (Å²) in [6.45, 7) is 0. The van der Waals surface area contributed by atoms with Gasteiger partial charge in [0.1, 0.15) is 10.7 Å². The molecule has 0 bridgehead atoms. The number of alkyl halides is 3. The van der Waals surface area contributed by atoms with Crippen LogP contribution in [0.2, 0.25) is 0 Å². The molecule has 0 aromatic carbocycles. The predicted octanol–water partition coefficient (Wildman–Crippen LogP) is -0.0876. The van der Waals surface area contributed by atoms with Gasteiger partial charge < -0.3 is 5.32 Å². The molecule has 0 radical (unpaired) electrons. The number of amides is 1. The van der Waals surface area contributed by atoms with Crippen molar-refractivity contribution in [3.63, 3.8) is 0 Å². The van der Waals surface area contributed by atoms with Crippen molar-refractivity contribution in [2.45, 2.75) is 12.6 Å². The van der Waals surface area contributed by atoms with Crippen LogP contribution in [0.4, 0.5) is 13.2 Å². The molecule has 0 aromatic heterocycles. The maximum absolute atomic E-state index is 12.1. The van der Waals surface area contributed by atoms with Crippen molar-refractivity contribution in [1.29, 1.82) is 0 Å². The van der Waals surface area contributed by atoms with Crippen molar-refractivity contribution in [3.05, 3.63) is 0 Å². The molecule has 1 N–H and O–H groups in total. The molecule has 0 heterocycles. The van der Waals surface area contributed by atoms with Crippen molar-refractivity contribution in [1.82, 2.24) is 5.32 Å². The Bertz CT molecular complexity index is 266. The second-order valence-corrected chi connectivity index (χ2v) is 3.66. The van der Waals surface area contributed by atoms with Crippen LogP contribution in [-0.4, -0.2) is 33.3 Å². The molecule has 0 aliphatic heterocycles. The lowest BCUT2D eigenvalue weighted by molar-refractivity contribution is -0.172. The van der Waals surface area contributed by atoms with E-state index in [0.29, 0.717) is 0 Å². The zero-order valence-corrected chi connectivity index (χ0v) is 8.19. The normalized spacial score (nSPS) is 14.1. The van der Waals surface area contributed by atoms with E-state index in [2.05, 4.69) is 0 Å². The molecule has 14 heavy (non-hydrogen) atoms. The molecule has 1 unspecified atom stereocenters. The van der Waals surface area contributed by atoms with Crippen LogP contribution in [0.15, 0.2) is 0 Å². The highest BCUT2D eigenvalue weighted by atomic mass is 32.2. The number of hydrogen-bond donors (Lipinski definition) is 2. The van der Waals surface area contributed by atoms with Crippen molar-refractivity contribution < 1.29 is 26.4 Å².